The Bertz CT molecular complexity index is 522. The van der Waals surface area contributed by atoms with E-state index in [4.69, 9.17) is 12.2 Å². The molecule has 1 aromatic carbocycles. The van der Waals surface area contributed by atoms with Gasteiger partial charge in [0.05, 0.1) is 16.7 Å². The molecule has 1 heterocycles. The number of thiocarbonyl (C=S) groups is 1. The van der Waals surface area contributed by atoms with Crippen LogP contribution in [0.2, 0.25) is 0 Å². The molecule has 2 aromatic rings. The first kappa shape index (κ1) is 9.98. The number of aryl methyl sites for hydroxylation is 1. The summed E-state index contributed by atoms with van der Waals surface area (Å²) in [6, 6.07) is 7.77. The summed E-state index contributed by atoms with van der Waals surface area (Å²) in [6.07, 6.45) is 0. The van der Waals surface area contributed by atoms with Gasteiger partial charge in [-0.05, 0) is 19.1 Å². The van der Waals surface area contributed by atoms with Crippen molar-refractivity contribution in [2.75, 3.05) is 7.05 Å². The van der Waals surface area contributed by atoms with Crippen LogP contribution in [0.15, 0.2) is 24.3 Å². The lowest BCUT2D eigenvalue weighted by atomic mass is 10.2. The minimum atomic E-state index is 0.630. The first-order valence-electron chi connectivity index (χ1n) is 4.68. The molecule has 0 amide bonds. The van der Waals surface area contributed by atoms with Crippen molar-refractivity contribution in [3.63, 3.8) is 0 Å². The second kappa shape index (κ2) is 3.90. The SMILES string of the molecule is CNC(=S)c1nc2ccccc2nc1C. The first-order chi connectivity index (χ1) is 7.22. The number of hydrogen-bond donors (Lipinski definition) is 1. The second-order valence-corrected chi connectivity index (χ2v) is 3.63. The number of para-hydroxylation sites is 2. The molecule has 0 unspecified atom stereocenters. The molecule has 76 valence electrons. The maximum absolute atomic E-state index is 5.16. The zero-order valence-electron chi connectivity index (χ0n) is 8.61. The van der Waals surface area contributed by atoms with Crippen molar-refractivity contribution in [1.29, 1.82) is 0 Å². The quantitative estimate of drug-likeness (QED) is 0.740. The molecular formula is C11H11N3S. The van der Waals surface area contributed by atoms with Crippen LogP contribution >= 0.6 is 12.2 Å². The second-order valence-electron chi connectivity index (χ2n) is 3.23. The molecule has 0 aliphatic rings. The van der Waals surface area contributed by atoms with Crippen molar-refractivity contribution in [2.45, 2.75) is 6.92 Å². The van der Waals surface area contributed by atoms with Gasteiger partial charge in [0.2, 0.25) is 0 Å². The third-order valence-corrected chi connectivity index (χ3v) is 2.58. The van der Waals surface area contributed by atoms with Gasteiger partial charge in [-0.25, -0.2) is 9.97 Å². The molecule has 15 heavy (non-hydrogen) atoms. The molecule has 1 aromatic heterocycles. The van der Waals surface area contributed by atoms with Gasteiger partial charge in [-0.2, -0.15) is 0 Å². The molecule has 0 spiro atoms. The monoisotopic (exact) mass is 217 g/mol. The van der Waals surface area contributed by atoms with Gasteiger partial charge in [-0.15, -0.1) is 0 Å². The van der Waals surface area contributed by atoms with Crippen LogP contribution in [-0.4, -0.2) is 22.0 Å². The fourth-order valence-electron chi connectivity index (χ4n) is 1.42. The molecule has 0 aliphatic carbocycles. The third kappa shape index (κ3) is 1.80. The van der Waals surface area contributed by atoms with E-state index in [0.29, 0.717) is 4.99 Å². The highest BCUT2D eigenvalue weighted by atomic mass is 32.1. The van der Waals surface area contributed by atoms with E-state index in [9.17, 15) is 0 Å². The fraction of sp³-hybridized carbons (Fsp3) is 0.182. The van der Waals surface area contributed by atoms with Gasteiger partial charge >= 0.3 is 0 Å². The standard InChI is InChI=1S/C11H11N3S/c1-7-10(11(15)12-2)14-9-6-4-3-5-8(9)13-7/h3-6H,1-2H3,(H,12,15). The number of nitrogens with zero attached hydrogens (tertiary/aromatic N) is 2. The van der Waals surface area contributed by atoms with Crippen LogP contribution in [0.5, 0.6) is 0 Å². The van der Waals surface area contributed by atoms with Crippen molar-refractivity contribution >= 4 is 28.2 Å². The summed E-state index contributed by atoms with van der Waals surface area (Å²) in [7, 11) is 1.79. The molecule has 0 bridgehead atoms. The van der Waals surface area contributed by atoms with Crippen LogP contribution in [0.1, 0.15) is 11.4 Å². The molecule has 0 saturated carbocycles. The van der Waals surface area contributed by atoms with Crippen LogP contribution in [0.4, 0.5) is 0 Å². The van der Waals surface area contributed by atoms with Crippen molar-refractivity contribution in [1.82, 2.24) is 15.3 Å². The lowest BCUT2D eigenvalue weighted by molar-refractivity contribution is 1.12. The van der Waals surface area contributed by atoms with E-state index in [1.54, 1.807) is 7.05 Å². The summed E-state index contributed by atoms with van der Waals surface area (Å²) in [4.78, 5) is 9.56. The van der Waals surface area contributed by atoms with Crippen molar-refractivity contribution in [2.24, 2.45) is 0 Å². The van der Waals surface area contributed by atoms with Gasteiger partial charge < -0.3 is 5.32 Å². The number of nitrogens with one attached hydrogen (secondary N) is 1. The zero-order valence-corrected chi connectivity index (χ0v) is 9.43. The van der Waals surface area contributed by atoms with Gasteiger partial charge in [0.25, 0.3) is 0 Å². The smallest absolute Gasteiger partial charge is 0.126 e. The Morgan fingerprint density at radius 1 is 1.20 bits per heavy atom. The van der Waals surface area contributed by atoms with E-state index in [2.05, 4.69) is 15.3 Å². The van der Waals surface area contributed by atoms with Crippen molar-refractivity contribution < 1.29 is 0 Å². The number of fused-ring (bicyclic) bond motifs is 1. The Morgan fingerprint density at radius 3 is 2.40 bits per heavy atom. The average molecular weight is 217 g/mol. The lowest BCUT2D eigenvalue weighted by Gasteiger charge is -2.06. The molecular weight excluding hydrogens is 206 g/mol. The predicted molar refractivity (Wildman–Crippen MR) is 65.0 cm³/mol. The molecule has 2 rings (SSSR count). The van der Waals surface area contributed by atoms with Crippen molar-refractivity contribution in [3.05, 3.63) is 35.7 Å². The Hall–Kier alpha value is -1.55. The highest BCUT2D eigenvalue weighted by molar-refractivity contribution is 7.80. The Balaban J connectivity index is 2.67. The minimum Gasteiger partial charge on any atom is -0.378 e. The highest BCUT2D eigenvalue weighted by Gasteiger charge is 2.07. The highest BCUT2D eigenvalue weighted by Crippen LogP contribution is 2.12. The molecule has 4 heteroatoms. The van der Waals surface area contributed by atoms with E-state index in [1.807, 2.05) is 31.2 Å². The van der Waals surface area contributed by atoms with Crippen LogP contribution in [0, 0.1) is 6.92 Å². The Kier molecular flexibility index (Phi) is 2.60. The van der Waals surface area contributed by atoms with Crippen LogP contribution in [-0.2, 0) is 0 Å². The summed E-state index contributed by atoms with van der Waals surface area (Å²) >= 11 is 5.16. The lowest BCUT2D eigenvalue weighted by Crippen LogP contribution is -2.19. The zero-order chi connectivity index (χ0) is 10.8. The summed E-state index contributed by atoms with van der Waals surface area (Å²) in [5, 5.41) is 2.92. The van der Waals surface area contributed by atoms with Crippen molar-refractivity contribution in [3.8, 4) is 0 Å². The Labute approximate surface area is 93.6 Å². The fourth-order valence-corrected chi connectivity index (χ4v) is 1.62. The largest absolute Gasteiger partial charge is 0.378 e. The normalized spacial score (nSPS) is 10.3. The van der Waals surface area contributed by atoms with Gasteiger partial charge in [0.1, 0.15) is 10.7 Å². The van der Waals surface area contributed by atoms with E-state index < -0.39 is 0 Å². The third-order valence-electron chi connectivity index (χ3n) is 2.19. The molecule has 0 atom stereocenters. The van der Waals surface area contributed by atoms with E-state index >= 15 is 0 Å². The number of rotatable bonds is 1. The molecule has 0 saturated heterocycles. The number of aromatic nitrogens is 2. The summed E-state index contributed by atoms with van der Waals surface area (Å²) < 4.78 is 0. The number of hydrogen-bond acceptors (Lipinski definition) is 3. The average Bonchev–Trinajstić information content (AvgIpc) is 2.27. The predicted octanol–water partition coefficient (Wildman–Crippen LogP) is 1.83. The summed E-state index contributed by atoms with van der Waals surface area (Å²) in [5.41, 5.74) is 3.38. The van der Waals surface area contributed by atoms with Gasteiger partial charge in [0, 0.05) is 7.05 Å². The van der Waals surface area contributed by atoms with E-state index in [-0.39, 0.29) is 0 Å². The topological polar surface area (TPSA) is 37.8 Å². The van der Waals surface area contributed by atoms with E-state index in [0.717, 1.165) is 22.4 Å². The van der Waals surface area contributed by atoms with Gasteiger partial charge in [-0.3, -0.25) is 0 Å². The van der Waals surface area contributed by atoms with Gasteiger partial charge in [-0.1, -0.05) is 24.4 Å². The minimum absolute atomic E-state index is 0.630. The Morgan fingerprint density at radius 2 is 1.80 bits per heavy atom. The summed E-state index contributed by atoms with van der Waals surface area (Å²) in [6.45, 7) is 1.92. The molecule has 1 N–H and O–H groups in total. The van der Waals surface area contributed by atoms with Crippen LogP contribution in [0.25, 0.3) is 11.0 Å². The van der Waals surface area contributed by atoms with Crippen LogP contribution in [0.3, 0.4) is 0 Å². The summed E-state index contributed by atoms with van der Waals surface area (Å²) in [5.74, 6) is 0. The molecule has 0 aliphatic heterocycles. The molecule has 0 radical (unpaired) electrons. The first-order valence-corrected chi connectivity index (χ1v) is 5.08. The number of benzene rings is 1. The van der Waals surface area contributed by atoms with Crippen LogP contribution < -0.4 is 5.32 Å². The molecule has 0 fully saturated rings. The molecule has 3 nitrogen and oxygen atoms in total. The van der Waals surface area contributed by atoms with E-state index in [1.165, 1.54) is 0 Å². The maximum Gasteiger partial charge on any atom is 0.126 e. The van der Waals surface area contributed by atoms with Gasteiger partial charge in [0.15, 0.2) is 0 Å². The maximum atomic E-state index is 5.16.